The molecule has 3 aromatic heterocycles. The van der Waals surface area contributed by atoms with Gasteiger partial charge in [-0.1, -0.05) is 103 Å². The maximum absolute atomic E-state index is 15.1. The number of nitrogens with zero attached hydrogens (tertiary/aromatic N) is 7. The highest BCUT2D eigenvalue weighted by Gasteiger charge is 2.32. The van der Waals surface area contributed by atoms with E-state index < -0.39 is 11.7 Å². The molecule has 0 saturated carbocycles. The second-order valence-corrected chi connectivity index (χ2v) is 15.4. The van der Waals surface area contributed by atoms with Crippen LogP contribution in [0.3, 0.4) is 0 Å². The van der Waals surface area contributed by atoms with Crippen molar-refractivity contribution in [2.45, 2.75) is 6.18 Å². The van der Waals surface area contributed by atoms with Crippen LogP contribution in [0.15, 0.2) is 182 Å². The lowest BCUT2D eigenvalue weighted by Crippen LogP contribution is -2.08. The molecule has 0 aliphatic heterocycles. The third kappa shape index (κ3) is 6.32. The number of rotatable bonds is 6. The van der Waals surface area contributed by atoms with E-state index in [1.165, 1.54) is 12.1 Å². The summed E-state index contributed by atoms with van der Waals surface area (Å²) in [5.41, 5.74) is 7.12. The Morgan fingerprint density at radius 1 is 0.469 bits per heavy atom. The van der Waals surface area contributed by atoms with Crippen molar-refractivity contribution < 1.29 is 13.2 Å². The molecule has 8 aromatic carbocycles. The second-order valence-electron chi connectivity index (χ2n) is 15.4. The highest BCUT2D eigenvalue weighted by molar-refractivity contribution is 6.12. The van der Waals surface area contributed by atoms with E-state index in [2.05, 4.69) is 10.9 Å². The van der Waals surface area contributed by atoms with Gasteiger partial charge in [0.05, 0.1) is 57.2 Å². The van der Waals surface area contributed by atoms with Gasteiger partial charge in [-0.05, 0) is 84.2 Å². The molecule has 0 N–H and O–H groups in total. The Balaban J connectivity index is 1.27. The van der Waals surface area contributed by atoms with Crippen molar-refractivity contribution in [3.05, 3.63) is 205 Å². The first kappa shape index (κ1) is 38.1. The summed E-state index contributed by atoms with van der Waals surface area (Å²) in [5.74, 6) is 1.21. The van der Waals surface area contributed by atoms with Crippen LogP contribution in [0, 0.1) is 17.9 Å². The lowest BCUT2D eigenvalue weighted by Gasteiger charge is -2.21. The van der Waals surface area contributed by atoms with E-state index in [1.54, 1.807) is 12.1 Å². The van der Waals surface area contributed by atoms with Crippen LogP contribution in [0.2, 0.25) is 0 Å². The second kappa shape index (κ2) is 14.9. The van der Waals surface area contributed by atoms with E-state index >= 15 is 13.2 Å². The van der Waals surface area contributed by atoms with Crippen LogP contribution in [0.4, 0.5) is 18.9 Å². The molecule has 302 valence electrons. The molecule has 0 fully saturated rings. The number of nitriles is 1. The minimum atomic E-state index is -4.68. The molecule has 0 aliphatic rings. The quantitative estimate of drug-likeness (QED) is 0.156. The largest absolute Gasteiger partial charge is 0.416 e. The van der Waals surface area contributed by atoms with Gasteiger partial charge in [0.15, 0.2) is 23.2 Å². The monoisotopic (exact) mass is 833 g/mol. The van der Waals surface area contributed by atoms with Gasteiger partial charge in [-0.25, -0.2) is 19.8 Å². The average molecular weight is 834 g/mol. The number of halogens is 3. The van der Waals surface area contributed by atoms with Gasteiger partial charge in [0.1, 0.15) is 0 Å². The summed E-state index contributed by atoms with van der Waals surface area (Å²) in [6.45, 7) is 7.78. The zero-order valence-corrected chi connectivity index (χ0v) is 33.6. The van der Waals surface area contributed by atoms with Gasteiger partial charge in [-0.3, -0.25) is 0 Å². The van der Waals surface area contributed by atoms with Gasteiger partial charge < -0.3 is 9.13 Å². The summed E-state index contributed by atoms with van der Waals surface area (Å²) < 4.78 is 49.2. The summed E-state index contributed by atoms with van der Waals surface area (Å²) in [5, 5.41) is 13.2. The van der Waals surface area contributed by atoms with E-state index in [0.717, 1.165) is 60.8 Å². The van der Waals surface area contributed by atoms with Crippen LogP contribution >= 0.6 is 0 Å². The molecule has 0 atom stereocenters. The minimum absolute atomic E-state index is 0.294. The lowest BCUT2D eigenvalue weighted by molar-refractivity contribution is -0.137. The zero-order chi connectivity index (χ0) is 43.5. The molecular weight excluding hydrogens is 804 g/mol. The molecule has 3 heterocycles. The molecular formula is C54H30F3N7. The van der Waals surface area contributed by atoms with Crippen molar-refractivity contribution in [3.8, 4) is 62.7 Å². The third-order valence-electron chi connectivity index (χ3n) is 11.6. The standard InChI is InChI=1S/C54H30F3N7/c1-59-38-23-27-50-44(31-38)40-17-9-11-19-46(40)64(50)48-25-21-36(53-61-51(34-12-4-2-5-13-34)60-52(62-53)35-14-6-3-7-15-35)29-42(48)43-30-37(54(55,56)57)22-26-49(43)63-45-18-10-8-16-39(45)41-28-33(32-58)20-24-47(41)63/h2-31H. The molecule has 64 heavy (non-hydrogen) atoms. The SMILES string of the molecule is [C-]#[N+]c1ccc2c(c1)c1ccccc1n2-c1ccc(-c2nc(-c3ccccc3)nc(-c3ccccc3)n2)cc1-c1cc(C(F)(F)F)ccc1-n1c2ccccc2c2cc(C#N)ccc21. The van der Waals surface area contributed by atoms with Crippen LogP contribution in [0.5, 0.6) is 0 Å². The topological polar surface area (TPSA) is 76.7 Å². The Bertz CT molecular complexity index is 3690. The van der Waals surface area contributed by atoms with E-state index in [0.29, 0.717) is 56.8 Å². The van der Waals surface area contributed by atoms with Gasteiger partial charge in [0, 0.05) is 44.0 Å². The highest BCUT2D eigenvalue weighted by atomic mass is 19.4. The summed E-state index contributed by atoms with van der Waals surface area (Å²) >= 11 is 0. The number of fused-ring (bicyclic) bond motifs is 6. The van der Waals surface area contributed by atoms with Crippen LogP contribution in [-0.4, -0.2) is 24.1 Å². The van der Waals surface area contributed by atoms with Gasteiger partial charge in [-0.15, -0.1) is 0 Å². The van der Waals surface area contributed by atoms with Crippen LogP contribution < -0.4 is 0 Å². The smallest absolute Gasteiger partial charge is 0.309 e. The van der Waals surface area contributed by atoms with Gasteiger partial charge >= 0.3 is 6.18 Å². The third-order valence-corrected chi connectivity index (χ3v) is 11.6. The lowest BCUT2D eigenvalue weighted by atomic mass is 9.96. The maximum atomic E-state index is 15.1. The predicted molar refractivity (Wildman–Crippen MR) is 246 cm³/mol. The average Bonchev–Trinajstić information content (AvgIpc) is 3.85. The predicted octanol–water partition coefficient (Wildman–Crippen LogP) is 14.2. The first-order valence-corrected chi connectivity index (χ1v) is 20.3. The fourth-order valence-electron chi connectivity index (χ4n) is 8.74. The molecule has 10 heteroatoms. The fourth-order valence-corrected chi connectivity index (χ4v) is 8.74. The first-order valence-electron chi connectivity index (χ1n) is 20.3. The molecule has 0 aliphatic carbocycles. The number of benzene rings is 8. The Labute approximate surface area is 364 Å². The van der Waals surface area contributed by atoms with Crippen molar-refractivity contribution in [1.82, 2.24) is 24.1 Å². The van der Waals surface area contributed by atoms with Crippen molar-refractivity contribution >= 4 is 49.3 Å². The molecule has 0 amide bonds. The Kier molecular flexibility index (Phi) is 8.89. The first-order chi connectivity index (χ1) is 31.3. The number of hydrogen-bond donors (Lipinski definition) is 0. The molecule has 0 saturated heterocycles. The maximum Gasteiger partial charge on any atom is 0.416 e. The van der Waals surface area contributed by atoms with Gasteiger partial charge in [0.2, 0.25) is 0 Å². The highest BCUT2D eigenvalue weighted by Crippen LogP contribution is 2.44. The molecule has 0 radical (unpaired) electrons. The number of hydrogen-bond acceptors (Lipinski definition) is 4. The Hall–Kier alpha value is -8.86. The number of aromatic nitrogens is 5. The minimum Gasteiger partial charge on any atom is -0.309 e. The number of alkyl halides is 3. The van der Waals surface area contributed by atoms with Gasteiger partial charge in [0.25, 0.3) is 0 Å². The van der Waals surface area contributed by atoms with Crippen LogP contribution in [0.1, 0.15) is 11.1 Å². The van der Waals surface area contributed by atoms with Crippen LogP contribution in [0.25, 0.3) is 105 Å². The van der Waals surface area contributed by atoms with Crippen LogP contribution in [-0.2, 0) is 6.18 Å². The van der Waals surface area contributed by atoms with E-state index in [1.807, 2.05) is 161 Å². The zero-order valence-electron chi connectivity index (χ0n) is 33.6. The Morgan fingerprint density at radius 3 is 1.52 bits per heavy atom. The van der Waals surface area contributed by atoms with E-state index in [-0.39, 0.29) is 0 Å². The summed E-state index contributed by atoms with van der Waals surface area (Å²) in [4.78, 5) is 18.6. The van der Waals surface area contributed by atoms with Crippen molar-refractivity contribution in [2.24, 2.45) is 0 Å². The molecule has 0 spiro atoms. The Morgan fingerprint density at radius 2 is 0.953 bits per heavy atom. The van der Waals surface area contributed by atoms with Crippen molar-refractivity contribution in [2.75, 3.05) is 0 Å². The molecule has 0 bridgehead atoms. The van der Waals surface area contributed by atoms with Gasteiger partial charge in [-0.2, -0.15) is 18.4 Å². The molecule has 11 aromatic rings. The molecule has 0 unspecified atom stereocenters. The fraction of sp³-hybridized carbons (Fsp3) is 0.0185. The van der Waals surface area contributed by atoms with Crippen molar-refractivity contribution in [3.63, 3.8) is 0 Å². The summed E-state index contributed by atoms with van der Waals surface area (Å²) in [6, 6.07) is 57.3. The normalized spacial score (nSPS) is 11.6. The van der Waals surface area contributed by atoms with E-state index in [9.17, 15) is 5.26 Å². The van der Waals surface area contributed by atoms with Crippen molar-refractivity contribution in [1.29, 1.82) is 5.26 Å². The summed E-state index contributed by atoms with van der Waals surface area (Å²) in [7, 11) is 0. The summed E-state index contributed by atoms with van der Waals surface area (Å²) in [6.07, 6.45) is -4.68. The molecule has 7 nitrogen and oxygen atoms in total. The van der Waals surface area contributed by atoms with E-state index in [4.69, 9.17) is 21.5 Å². The molecule has 11 rings (SSSR count). The number of para-hydroxylation sites is 2.